The van der Waals surface area contributed by atoms with Gasteiger partial charge < -0.3 is 9.47 Å². The summed E-state index contributed by atoms with van der Waals surface area (Å²) in [6.45, 7) is 1.58. The van der Waals surface area contributed by atoms with Crippen molar-refractivity contribution in [2.75, 3.05) is 20.8 Å². The molecule has 0 amide bonds. The summed E-state index contributed by atoms with van der Waals surface area (Å²) < 4.78 is 13.8. The van der Waals surface area contributed by atoms with E-state index < -0.39 is 0 Å². The van der Waals surface area contributed by atoms with Gasteiger partial charge in [0.05, 0.1) is 26.9 Å². The van der Waals surface area contributed by atoms with Crippen LogP contribution < -0.4 is 9.47 Å². The summed E-state index contributed by atoms with van der Waals surface area (Å²) in [5.74, 6) is 1.53. The number of ether oxygens (including phenoxy) is 2. The number of nitrogens with zero attached hydrogens (tertiary/aromatic N) is 3. The molecule has 1 aliphatic rings. The Bertz CT molecular complexity index is 984. The third-order valence-electron chi connectivity index (χ3n) is 4.96. The topological polar surface area (TPSA) is 39.5 Å². The lowest BCUT2D eigenvalue weighted by molar-refractivity contribution is 0.155. The van der Waals surface area contributed by atoms with Crippen molar-refractivity contribution in [3.63, 3.8) is 0 Å². The number of rotatable bonds is 5. The van der Waals surface area contributed by atoms with Crippen molar-refractivity contribution in [3.8, 4) is 11.5 Å². The molecule has 0 bridgehead atoms. The fourth-order valence-corrected chi connectivity index (χ4v) is 4.39. The average molecular weight is 400 g/mol. The molecule has 0 saturated heterocycles. The Hall–Kier alpha value is -2.22. The molecule has 0 unspecified atom stereocenters. The first-order chi connectivity index (χ1) is 13.2. The normalized spacial score (nSPS) is 16.7. The number of fused-ring (bicyclic) bond motifs is 1. The highest BCUT2D eigenvalue weighted by Crippen LogP contribution is 2.41. The lowest BCUT2D eigenvalue weighted by Gasteiger charge is -2.37. The molecule has 140 valence electrons. The van der Waals surface area contributed by atoms with Gasteiger partial charge in [0, 0.05) is 6.54 Å². The van der Waals surface area contributed by atoms with Crippen LogP contribution >= 0.6 is 23.6 Å². The van der Waals surface area contributed by atoms with Crippen molar-refractivity contribution in [1.29, 1.82) is 0 Å². The van der Waals surface area contributed by atoms with Crippen LogP contribution in [0.2, 0.25) is 0 Å². The van der Waals surface area contributed by atoms with E-state index >= 15 is 0 Å². The summed E-state index contributed by atoms with van der Waals surface area (Å²) in [4.78, 5) is 2.42. The molecule has 5 nitrogen and oxygen atoms in total. The summed E-state index contributed by atoms with van der Waals surface area (Å²) in [5.41, 5.74) is 5.57. The molecule has 1 atom stereocenters. The lowest BCUT2D eigenvalue weighted by atomic mass is 9.88. The van der Waals surface area contributed by atoms with Crippen LogP contribution in [-0.2, 0) is 13.1 Å². The Labute approximate surface area is 167 Å². The fraction of sp³-hybridized carbons (Fsp3) is 0.300. The first-order valence-corrected chi connectivity index (χ1v) is 10.0. The third kappa shape index (κ3) is 3.50. The molecule has 4 rings (SSSR count). The van der Waals surface area contributed by atoms with Crippen molar-refractivity contribution in [1.82, 2.24) is 14.7 Å². The van der Waals surface area contributed by atoms with E-state index in [4.69, 9.17) is 21.7 Å². The largest absolute Gasteiger partial charge is 0.493 e. The zero-order chi connectivity index (χ0) is 18.8. The first kappa shape index (κ1) is 18.2. The standard InChI is InChI=1S/C20H21N3O2S2/c1-24-17-10-15-8-9-22(13-23-20(26)27-12-21-23)19(14-6-4-3-5-7-14)16(15)11-18(17)25-2/h3-7,10-12,19H,8-9,13H2,1-2H3/t19-/m1/s1. The van der Waals surface area contributed by atoms with Crippen LogP contribution in [0.1, 0.15) is 22.7 Å². The molecule has 2 aromatic carbocycles. The van der Waals surface area contributed by atoms with Crippen LogP contribution in [0.25, 0.3) is 0 Å². The van der Waals surface area contributed by atoms with Gasteiger partial charge in [0.15, 0.2) is 15.5 Å². The Kier molecular flexibility index (Phi) is 5.24. The second-order valence-electron chi connectivity index (χ2n) is 6.43. The quantitative estimate of drug-likeness (QED) is 0.598. The molecule has 0 saturated carbocycles. The monoisotopic (exact) mass is 399 g/mol. The van der Waals surface area contributed by atoms with Crippen LogP contribution in [-0.4, -0.2) is 35.4 Å². The van der Waals surface area contributed by atoms with Crippen molar-refractivity contribution >= 4 is 23.6 Å². The van der Waals surface area contributed by atoms with E-state index in [1.807, 2.05) is 10.7 Å². The molecule has 7 heteroatoms. The van der Waals surface area contributed by atoms with E-state index in [2.05, 4.69) is 46.4 Å². The maximum atomic E-state index is 5.57. The second-order valence-corrected chi connectivity index (χ2v) is 7.91. The van der Waals surface area contributed by atoms with Gasteiger partial charge in [-0.3, -0.25) is 4.90 Å². The maximum Gasteiger partial charge on any atom is 0.180 e. The van der Waals surface area contributed by atoms with Crippen molar-refractivity contribution in [3.05, 3.63) is 68.6 Å². The highest BCUT2D eigenvalue weighted by molar-refractivity contribution is 7.73. The van der Waals surface area contributed by atoms with Crippen molar-refractivity contribution in [2.24, 2.45) is 0 Å². The molecule has 0 spiro atoms. The van der Waals surface area contributed by atoms with Crippen molar-refractivity contribution in [2.45, 2.75) is 19.1 Å². The van der Waals surface area contributed by atoms with Gasteiger partial charge in [-0.2, -0.15) is 5.10 Å². The fourth-order valence-electron chi connectivity index (χ4n) is 3.68. The molecule has 3 aromatic rings. The highest BCUT2D eigenvalue weighted by atomic mass is 32.1. The predicted octanol–water partition coefficient (Wildman–Crippen LogP) is 4.30. The van der Waals surface area contributed by atoms with Crippen LogP contribution in [0.5, 0.6) is 11.5 Å². The van der Waals surface area contributed by atoms with Gasteiger partial charge >= 0.3 is 0 Å². The van der Waals surface area contributed by atoms with Crippen LogP contribution in [0.4, 0.5) is 0 Å². The molecular weight excluding hydrogens is 378 g/mol. The zero-order valence-electron chi connectivity index (χ0n) is 15.3. The summed E-state index contributed by atoms with van der Waals surface area (Å²) in [7, 11) is 3.36. The van der Waals surface area contributed by atoms with Gasteiger partial charge in [-0.05, 0) is 47.5 Å². The third-order valence-corrected chi connectivity index (χ3v) is 6.07. The SMILES string of the molecule is COc1cc2c(cc1OC)[C@@H](c1ccccc1)N(Cn1ncsc1=S)CC2. The van der Waals surface area contributed by atoms with E-state index in [1.54, 1.807) is 19.7 Å². The summed E-state index contributed by atoms with van der Waals surface area (Å²) in [6, 6.07) is 14.9. The van der Waals surface area contributed by atoms with Gasteiger partial charge in [0.25, 0.3) is 0 Å². The Morgan fingerprint density at radius 3 is 2.56 bits per heavy atom. The smallest absolute Gasteiger partial charge is 0.180 e. The van der Waals surface area contributed by atoms with Crippen LogP contribution in [0.3, 0.4) is 0 Å². The minimum atomic E-state index is 0.110. The minimum Gasteiger partial charge on any atom is -0.493 e. The molecule has 0 N–H and O–H groups in total. The molecule has 27 heavy (non-hydrogen) atoms. The molecule has 0 fully saturated rings. The molecule has 0 radical (unpaired) electrons. The number of methoxy groups -OCH3 is 2. The highest BCUT2D eigenvalue weighted by Gasteiger charge is 2.30. The van der Waals surface area contributed by atoms with Gasteiger partial charge in [-0.25, -0.2) is 4.68 Å². The number of hydrogen-bond donors (Lipinski definition) is 0. The summed E-state index contributed by atoms with van der Waals surface area (Å²) >= 11 is 6.91. The van der Waals surface area contributed by atoms with Crippen LogP contribution in [0, 0.1) is 3.95 Å². The first-order valence-electron chi connectivity index (χ1n) is 8.75. The molecule has 2 heterocycles. The van der Waals surface area contributed by atoms with E-state index in [1.165, 1.54) is 28.0 Å². The zero-order valence-corrected chi connectivity index (χ0v) is 16.9. The van der Waals surface area contributed by atoms with Crippen molar-refractivity contribution < 1.29 is 9.47 Å². The average Bonchev–Trinajstić information content (AvgIpc) is 3.11. The molecule has 0 aliphatic carbocycles. The number of hydrogen-bond acceptors (Lipinski definition) is 6. The Morgan fingerprint density at radius 2 is 1.89 bits per heavy atom. The van der Waals surface area contributed by atoms with Gasteiger partial charge in [-0.15, -0.1) is 0 Å². The van der Waals surface area contributed by atoms with E-state index in [9.17, 15) is 0 Å². The van der Waals surface area contributed by atoms with E-state index in [-0.39, 0.29) is 6.04 Å². The summed E-state index contributed by atoms with van der Waals surface area (Å²) in [6.07, 6.45) is 0.941. The van der Waals surface area contributed by atoms with Gasteiger partial charge in [-0.1, -0.05) is 41.7 Å². The molecule has 1 aliphatic heterocycles. The maximum absolute atomic E-state index is 5.57. The van der Waals surface area contributed by atoms with Gasteiger partial charge in [0.1, 0.15) is 5.51 Å². The van der Waals surface area contributed by atoms with Crippen LogP contribution in [0.15, 0.2) is 48.0 Å². The number of benzene rings is 2. The Morgan fingerprint density at radius 1 is 1.15 bits per heavy atom. The molecular formula is C20H21N3O2S2. The van der Waals surface area contributed by atoms with E-state index in [0.717, 1.165) is 28.4 Å². The van der Waals surface area contributed by atoms with E-state index in [0.29, 0.717) is 6.67 Å². The Balaban J connectivity index is 1.81. The minimum absolute atomic E-state index is 0.110. The number of aromatic nitrogens is 2. The predicted molar refractivity (Wildman–Crippen MR) is 109 cm³/mol. The summed E-state index contributed by atoms with van der Waals surface area (Å²) in [5, 5.41) is 4.40. The lowest BCUT2D eigenvalue weighted by Crippen LogP contribution is -2.37. The van der Waals surface area contributed by atoms with Gasteiger partial charge in [0.2, 0.25) is 0 Å². The molecule has 1 aromatic heterocycles. The second kappa shape index (κ2) is 7.80.